The number of aryl methyl sites for hydroxylation is 2. The van der Waals surface area contributed by atoms with Crippen LogP contribution in [-0.4, -0.2) is 25.2 Å². The smallest absolute Gasteiger partial charge is 0.249 e. The lowest BCUT2D eigenvalue weighted by atomic mass is 9.90. The van der Waals surface area contributed by atoms with Crippen molar-refractivity contribution >= 4 is 28.0 Å². The number of aliphatic imine (C=N–C) groups is 1. The first-order valence-corrected chi connectivity index (χ1v) is 9.00. The van der Waals surface area contributed by atoms with Crippen molar-refractivity contribution in [2.45, 2.75) is 32.6 Å². The second-order valence-corrected chi connectivity index (χ2v) is 7.41. The third kappa shape index (κ3) is 2.32. The van der Waals surface area contributed by atoms with Crippen LogP contribution in [0.4, 0.5) is 5.00 Å². The van der Waals surface area contributed by atoms with E-state index < -0.39 is 0 Å². The number of thiophene rings is 1. The van der Waals surface area contributed by atoms with Crippen LogP contribution < -0.4 is 4.90 Å². The number of anilines is 1. The van der Waals surface area contributed by atoms with Crippen molar-refractivity contribution in [3.63, 3.8) is 0 Å². The highest BCUT2D eigenvalue weighted by molar-refractivity contribution is 7.17. The SMILES string of the molecule is Cc1ccccc1C1=NCC(=O)N(C)c2sc3c(c21)CCCC3. The maximum atomic E-state index is 12.4. The van der Waals surface area contributed by atoms with Crippen molar-refractivity contribution in [3.8, 4) is 0 Å². The van der Waals surface area contributed by atoms with Crippen LogP contribution in [0.2, 0.25) is 0 Å². The van der Waals surface area contributed by atoms with Crippen molar-refractivity contribution in [2.75, 3.05) is 18.5 Å². The van der Waals surface area contributed by atoms with Gasteiger partial charge in [-0.2, -0.15) is 0 Å². The Morgan fingerprint density at radius 1 is 1.17 bits per heavy atom. The van der Waals surface area contributed by atoms with Gasteiger partial charge in [0.15, 0.2) is 0 Å². The molecule has 0 N–H and O–H groups in total. The third-order valence-corrected chi connectivity index (χ3v) is 6.21. The summed E-state index contributed by atoms with van der Waals surface area (Å²) in [6.45, 7) is 2.35. The van der Waals surface area contributed by atoms with E-state index in [2.05, 4.69) is 31.2 Å². The van der Waals surface area contributed by atoms with Gasteiger partial charge < -0.3 is 4.90 Å². The van der Waals surface area contributed by atoms with Crippen molar-refractivity contribution < 1.29 is 4.79 Å². The molecule has 1 aliphatic heterocycles. The van der Waals surface area contributed by atoms with E-state index in [0.717, 1.165) is 29.1 Å². The molecule has 0 atom stereocenters. The normalized spacial score (nSPS) is 17.4. The number of nitrogens with zero attached hydrogens (tertiary/aromatic N) is 2. The molecule has 1 aromatic heterocycles. The van der Waals surface area contributed by atoms with Crippen LogP contribution in [0.1, 0.15) is 40.0 Å². The molecule has 2 aliphatic rings. The Morgan fingerprint density at radius 3 is 2.78 bits per heavy atom. The van der Waals surface area contributed by atoms with E-state index in [4.69, 9.17) is 4.99 Å². The van der Waals surface area contributed by atoms with Gasteiger partial charge in [0.2, 0.25) is 5.91 Å². The van der Waals surface area contributed by atoms with Gasteiger partial charge in [-0.05, 0) is 43.7 Å². The van der Waals surface area contributed by atoms with Gasteiger partial charge in [0, 0.05) is 23.1 Å². The maximum Gasteiger partial charge on any atom is 0.249 e. The molecule has 0 saturated heterocycles. The second kappa shape index (κ2) is 5.60. The van der Waals surface area contributed by atoms with Gasteiger partial charge in [0.05, 0.1) is 5.71 Å². The van der Waals surface area contributed by atoms with Crippen LogP contribution in [0.3, 0.4) is 0 Å². The van der Waals surface area contributed by atoms with E-state index in [1.165, 1.54) is 34.4 Å². The summed E-state index contributed by atoms with van der Waals surface area (Å²) in [7, 11) is 1.89. The van der Waals surface area contributed by atoms with E-state index in [1.54, 1.807) is 11.3 Å². The number of fused-ring (bicyclic) bond motifs is 3. The summed E-state index contributed by atoms with van der Waals surface area (Å²) in [5.41, 5.74) is 6.02. The van der Waals surface area contributed by atoms with E-state index in [9.17, 15) is 4.79 Å². The topological polar surface area (TPSA) is 32.7 Å². The van der Waals surface area contributed by atoms with Crippen LogP contribution in [0, 0.1) is 6.92 Å². The fourth-order valence-corrected chi connectivity index (χ4v) is 4.90. The van der Waals surface area contributed by atoms with Crippen LogP contribution in [0.5, 0.6) is 0 Å². The van der Waals surface area contributed by atoms with E-state index in [0.29, 0.717) is 0 Å². The second-order valence-electron chi connectivity index (χ2n) is 6.32. The lowest BCUT2D eigenvalue weighted by molar-refractivity contribution is -0.116. The van der Waals surface area contributed by atoms with Gasteiger partial charge in [-0.25, -0.2) is 0 Å². The third-order valence-electron chi connectivity index (χ3n) is 4.84. The highest BCUT2D eigenvalue weighted by Gasteiger charge is 2.30. The zero-order valence-electron chi connectivity index (χ0n) is 13.6. The van der Waals surface area contributed by atoms with Gasteiger partial charge in [0.1, 0.15) is 11.5 Å². The fourth-order valence-electron chi connectivity index (χ4n) is 3.54. The molecule has 0 spiro atoms. The average Bonchev–Trinajstić information content (AvgIpc) is 2.90. The average molecular weight is 324 g/mol. The summed E-state index contributed by atoms with van der Waals surface area (Å²) in [6, 6.07) is 8.35. The monoisotopic (exact) mass is 324 g/mol. The van der Waals surface area contributed by atoms with Crippen LogP contribution in [-0.2, 0) is 17.6 Å². The van der Waals surface area contributed by atoms with Crippen LogP contribution in [0.25, 0.3) is 0 Å². The molecule has 0 saturated carbocycles. The Labute approximate surface area is 140 Å². The number of hydrogen-bond donors (Lipinski definition) is 0. The maximum absolute atomic E-state index is 12.4. The summed E-state index contributed by atoms with van der Waals surface area (Å²) in [4.78, 5) is 20.4. The summed E-state index contributed by atoms with van der Waals surface area (Å²) in [6.07, 6.45) is 4.72. The predicted molar refractivity (Wildman–Crippen MR) is 96.1 cm³/mol. The van der Waals surface area contributed by atoms with Gasteiger partial charge in [0.25, 0.3) is 0 Å². The van der Waals surface area contributed by atoms with Gasteiger partial charge in [-0.15, -0.1) is 11.3 Å². The highest BCUT2D eigenvalue weighted by atomic mass is 32.1. The molecule has 0 unspecified atom stereocenters. The molecule has 2 heterocycles. The molecular weight excluding hydrogens is 304 g/mol. The summed E-state index contributed by atoms with van der Waals surface area (Å²) in [5.74, 6) is 0.0773. The lowest BCUT2D eigenvalue weighted by Crippen LogP contribution is -2.26. The predicted octanol–water partition coefficient (Wildman–Crippen LogP) is 3.75. The molecule has 1 aliphatic carbocycles. The molecule has 2 aromatic rings. The summed E-state index contributed by atoms with van der Waals surface area (Å²) >= 11 is 1.79. The lowest BCUT2D eigenvalue weighted by Gasteiger charge is -2.16. The quantitative estimate of drug-likeness (QED) is 0.786. The number of carbonyl (C=O) groups is 1. The molecular formula is C19H20N2OS. The zero-order valence-corrected chi connectivity index (χ0v) is 14.4. The number of amides is 1. The van der Waals surface area contributed by atoms with Gasteiger partial charge in [-0.3, -0.25) is 9.79 Å². The molecule has 3 nitrogen and oxygen atoms in total. The molecule has 1 aromatic carbocycles. The minimum Gasteiger partial charge on any atom is -0.305 e. The summed E-state index contributed by atoms with van der Waals surface area (Å²) < 4.78 is 0. The minimum absolute atomic E-state index is 0.0773. The minimum atomic E-state index is 0.0773. The van der Waals surface area contributed by atoms with Crippen molar-refractivity contribution in [1.29, 1.82) is 0 Å². The first-order chi connectivity index (χ1) is 11.2. The Kier molecular flexibility index (Phi) is 3.57. The molecule has 118 valence electrons. The standard InChI is InChI=1S/C19H20N2OS/c1-12-7-3-4-8-13(12)18-17-14-9-5-6-10-15(14)23-19(17)21(2)16(22)11-20-18/h3-4,7-8H,5-6,9-11H2,1-2H3. The van der Waals surface area contributed by atoms with Crippen molar-refractivity contribution in [2.24, 2.45) is 4.99 Å². The van der Waals surface area contributed by atoms with Crippen LogP contribution in [0.15, 0.2) is 29.3 Å². The summed E-state index contributed by atoms with van der Waals surface area (Å²) in [5, 5.41) is 1.08. The Hall–Kier alpha value is -1.94. The molecule has 0 bridgehead atoms. The number of rotatable bonds is 1. The number of carbonyl (C=O) groups excluding carboxylic acids is 1. The van der Waals surface area contributed by atoms with Gasteiger partial charge in [-0.1, -0.05) is 24.3 Å². The number of likely N-dealkylation sites (N-methyl/N-ethyl adjacent to an activating group) is 1. The van der Waals surface area contributed by atoms with E-state index in [1.807, 2.05) is 11.9 Å². The number of hydrogen-bond acceptors (Lipinski definition) is 3. The molecule has 4 heteroatoms. The zero-order chi connectivity index (χ0) is 16.0. The van der Waals surface area contributed by atoms with Crippen LogP contribution >= 0.6 is 11.3 Å². The molecule has 1 amide bonds. The largest absolute Gasteiger partial charge is 0.305 e. The first kappa shape index (κ1) is 14.6. The Bertz CT molecular complexity index is 819. The molecule has 4 rings (SSSR count). The Balaban J connectivity index is 1.98. The number of benzene rings is 1. The highest BCUT2D eigenvalue weighted by Crippen LogP contribution is 2.42. The fraction of sp³-hybridized carbons (Fsp3) is 0.368. The first-order valence-electron chi connectivity index (χ1n) is 8.18. The van der Waals surface area contributed by atoms with E-state index >= 15 is 0 Å². The van der Waals surface area contributed by atoms with Gasteiger partial charge >= 0.3 is 0 Å². The van der Waals surface area contributed by atoms with Crippen molar-refractivity contribution in [1.82, 2.24) is 0 Å². The Morgan fingerprint density at radius 2 is 1.96 bits per heavy atom. The van der Waals surface area contributed by atoms with E-state index in [-0.39, 0.29) is 12.5 Å². The van der Waals surface area contributed by atoms with Crippen molar-refractivity contribution in [3.05, 3.63) is 51.4 Å². The molecule has 0 radical (unpaired) electrons. The molecule has 0 fully saturated rings. The molecule has 23 heavy (non-hydrogen) atoms.